The average molecular weight is 529 g/mol. The van der Waals surface area contributed by atoms with E-state index in [1.54, 1.807) is 5.56 Å². The van der Waals surface area contributed by atoms with Crippen molar-refractivity contribution in [3.63, 3.8) is 0 Å². The monoisotopic (exact) mass is 528 g/mol. The fourth-order valence-corrected chi connectivity index (χ4v) is 11.1. The Bertz CT molecular complexity index is 893. The Morgan fingerprint density at radius 3 is 1.53 bits per heavy atom. The molecule has 4 N–H and O–H groups in total. The SMILES string of the molecule is CC(C)(C)C(P)(c1ccccc1C(P)(C1NCCCN1)C1NCCCN1)C12CC3CC(CC(C3)C1)C2. The maximum absolute atomic E-state index is 3.89. The van der Waals surface area contributed by atoms with Gasteiger partial charge in [0.2, 0.25) is 0 Å². The van der Waals surface area contributed by atoms with Crippen LogP contribution in [0.15, 0.2) is 24.3 Å². The average Bonchev–Trinajstić information content (AvgIpc) is 2.87. The summed E-state index contributed by atoms with van der Waals surface area (Å²) in [5.41, 5.74) is 3.57. The summed E-state index contributed by atoms with van der Waals surface area (Å²) in [5.74, 6) is 2.82. The Labute approximate surface area is 224 Å². The van der Waals surface area contributed by atoms with Gasteiger partial charge in [0.25, 0.3) is 0 Å². The van der Waals surface area contributed by atoms with Crippen LogP contribution in [-0.2, 0) is 10.3 Å². The molecule has 6 fully saturated rings. The fourth-order valence-electron chi connectivity index (χ4n) is 9.74. The quantitative estimate of drug-likeness (QED) is 0.411. The standard InChI is InChI=1S/C30H50N4P2/c1-27(2,3)30(36,28-17-20-14-21(18-28)16-22(15-20)19-28)24-9-5-4-8-23(24)29(35,25-31-10-6-11-32-25)26-33-12-7-13-34-26/h4-5,8-9,20-22,25-26,31-34H,6-7,10-19,35-36H2,1-3H3. The Morgan fingerprint density at radius 2 is 1.11 bits per heavy atom. The molecular weight excluding hydrogens is 478 g/mol. The van der Waals surface area contributed by atoms with Crippen molar-refractivity contribution in [3.05, 3.63) is 35.4 Å². The van der Waals surface area contributed by atoms with E-state index in [1.807, 2.05) is 0 Å². The largest absolute Gasteiger partial charge is 0.301 e. The normalized spacial score (nSPS) is 35.6. The number of hydrogen-bond donors (Lipinski definition) is 4. The molecule has 0 spiro atoms. The van der Waals surface area contributed by atoms with Crippen molar-refractivity contribution < 1.29 is 0 Å². The van der Waals surface area contributed by atoms with Crippen LogP contribution in [0.2, 0.25) is 0 Å². The molecule has 2 aliphatic heterocycles. The van der Waals surface area contributed by atoms with Crippen molar-refractivity contribution in [2.45, 2.75) is 94.8 Å². The number of nitrogens with one attached hydrogen (secondary N) is 4. The summed E-state index contributed by atoms with van der Waals surface area (Å²) < 4.78 is 0. The van der Waals surface area contributed by atoms with Crippen molar-refractivity contribution >= 4 is 18.5 Å². The second-order valence-corrected chi connectivity index (χ2v) is 15.9. The van der Waals surface area contributed by atoms with Crippen LogP contribution >= 0.6 is 18.5 Å². The van der Waals surface area contributed by atoms with Crippen LogP contribution in [0.5, 0.6) is 0 Å². The molecule has 4 saturated carbocycles. The minimum Gasteiger partial charge on any atom is -0.301 e. The second kappa shape index (κ2) is 9.53. The summed E-state index contributed by atoms with van der Waals surface area (Å²) in [4.78, 5) is 0. The van der Waals surface area contributed by atoms with Crippen molar-refractivity contribution in [1.82, 2.24) is 21.3 Å². The number of hydrogen-bond acceptors (Lipinski definition) is 4. The van der Waals surface area contributed by atoms with E-state index in [0.717, 1.165) is 43.9 Å². The van der Waals surface area contributed by atoms with E-state index < -0.39 is 0 Å². The van der Waals surface area contributed by atoms with Crippen LogP contribution in [-0.4, -0.2) is 38.5 Å². The Hall–Kier alpha value is -0.0800. The molecule has 3 atom stereocenters. The van der Waals surface area contributed by atoms with Gasteiger partial charge in [0, 0.05) is 5.16 Å². The van der Waals surface area contributed by atoms with Gasteiger partial charge in [0.1, 0.15) is 0 Å². The fraction of sp³-hybridized carbons (Fsp3) is 0.800. The molecule has 4 nitrogen and oxygen atoms in total. The van der Waals surface area contributed by atoms with E-state index >= 15 is 0 Å². The van der Waals surface area contributed by atoms with E-state index in [2.05, 4.69) is 84.8 Å². The summed E-state index contributed by atoms with van der Waals surface area (Å²) in [6.45, 7) is 11.9. The molecule has 4 aliphatic carbocycles. The lowest BCUT2D eigenvalue weighted by Crippen LogP contribution is -2.69. The first-order chi connectivity index (χ1) is 17.2. The maximum Gasteiger partial charge on any atom is 0.0735 e. The molecule has 0 aromatic heterocycles. The number of rotatable bonds is 5. The molecule has 3 unspecified atom stereocenters. The molecule has 200 valence electrons. The highest BCUT2D eigenvalue weighted by molar-refractivity contribution is 7.19. The minimum absolute atomic E-state index is 0.0256. The van der Waals surface area contributed by atoms with Gasteiger partial charge in [0.15, 0.2) is 0 Å². The zero-order valence-corrected chi connectivity index (χ0v) is 25.1. The lowest BCUT2D eigenvalue weighted by atomic mass is 9.42. The summed E-state index contributed by atoms with van der Waals surface area (Å²) in [6.07, 6.45) is 11.5. The highest BCUT2D eigenvalue weighted by Gasteiger charge is 2.63. The van der Waals surface area contributed by atoms with Gasteiger partial charge in [0.05, 0.1) is 17.5 Å². The predicted octanol–water partition coefficient (Wildman–Crippen LogP) is 4.91. The van der Waals surface area contributed by atoms with Crippen LogP contribution in [0, 0.1) is 28.6 Å². The third kappa shape index (κ3) is 4.00. The second-order valence-electron chi connectivity index (χ2n) is 14.1. The van der Waals surface area contributed by atoms with Crippen LogP contribution in [0.25, 0.3) is 0 Å². The molecule has 0 radical (unpaired) electrons. The molecule has 2 heterocycles. The van der Waals surface area contributed by atoms with Crippen LogP contribution < -0.4 is 21.3 Å². The van der Waals surface area contributed by atoms with Gasteiger partial charge in [-0.15, -0.1) is 18.5 Å². The van der Waals surface area contributed by atoms with E-state index in [4.69, 9.17) is 0 Å². The summed E-state index contributed by atoms with van der Waals surface area (Å²) in [6, 6.07) is 9.58. The van der Waals surface area contributed by atoms with E-state index in [9.17, 15) is 0 Å². The van der Waals surface area contributed by atoms with Crippen LogP contribution in [0.3, 0.4) is 0 Å². The van der Waals surface area contributed by atoms with Gasteiger partial charge in [-0.2, -0.15) is 0 Å². The summed E-state index contributed by atoms with van der Waals surface area (Å²) in [7, 11) is 6.97. The van der Waals surface area contributed by atoms with Gasteiger partial charge < -0.3 is 21.3 Å². The first-order valence-electron chi connectivity index (χ1n) is 14.8. The van der Waals surface area contributed by atoms with Gasteiger partial charge in [-0.1, -0.05) is 45.0 Å². The number of benzene rings is 1. The van der Waals surface area contributed by atoms with Crippen molar-refractivity contribution in [2.24, 2.45) is 28.6 Å². The third-order valence-electron chi connectivity index (χ3n) is 10.9. The van der Waals surface area contributed by atoms with Gasteiger partial charge in [-0.05, 0) is 117 Å². The smallest absolute Gasteiger partial charge is 0.0735 e. The van der Waals surface area contributed by atoms with Crippen LogP contribution in [0.4, 0.5) is 0 Å². The minimum atomic E-state index is -0.202. The molecule has 6 heteroatoms. The van der Waals surface area contributed by atoms with Crippen molar-refractivity contribution in [1.29, 1.82) is 0 Å². The molecule has 2 saturated heterocycles. The van der Waals surface area contributed by atoms with Crippen molar-refractivity contribution in [2.75, 3.05) is 26.2 Å². The predicted molar refractivity (Wildman–Crippen MR) is 158 cm³/mol. The Morgan fingerprint density at radius 1 is 0.694 bits per heavy atom. The topological polar surface area (TPSA) is 48.1 Å². The Kier molecular flexibility index (Phi) is 6.93. The van der Waals surface area contributed by atoms with Gasteiger partial charge in [-0.3, -0.25) is 0 Å². The highest BCUT2D eigenvalue weighted by Crippen LogP contribution is 2.72. The van der Waals surface area contributed by atoms with Crippen LogP contribution in [0.1, 0.15) is 83.3 Å². The molecule has 1 aromatic rings. The molecular formula is C30H50N4P2. The lowest BCUT2D eigenvalue weighted by molar-refractivity contribution is -0.101. The molecule has 4 bridgehead atoms. The maximum atomic E-state index is 3.89. The zero-order valence-electron chi connectivity index (χ0n) is 22.8. The molecule has 6 aliphatic rings. The molecule has 36 heavy (non-hydrogen) atoms. The Balaban J connectivity index is 1.52. The molecule has 1 aromatic carbocycles. The third-order valence-corrected chi connectivity index (χ3v) is 13.7. The first-order valence-corrected chi connectivity index (χ1v) is 15.9. The van der Waals surface area contributed by atoms with E-state index in [-0.39, 0.29) is 28.1 Å². The van der Waals surface area contributed by atoms with Gasteiger partial charge >= 0.3 is 0 Å². The molecule has 0 amide bonds. The highest BCUT2D eigenvalue weighted by atomic mass is 31.0. The van der Waals surface area contributed by atoms with Gasteiger partial charge in [-0.25, -0.2) is 0 Å². The van der Waals surface area contributed by atoms with E-state index in [0.29, 0.717) is 5.41 Å². The molecule has 7 rings (SSSR count). The summed E-state index contributed by atoms with van der Waals surface area (Å²) >= 11 is 0. The first kappa shape index (κ1) is 26.2. The van der Waals surface area contributed by atoms with E-state index in [1.165, 1.54) is 56.9 Å². The summed E-state index contributed by atoms with van der Waals surface area (Å²) in [5, 5.41) is 15.4. The zero-order chi connectivity index (χ0) is 25.2. The van der Waals surface area contributed by atoms with Crippen molar-refractivity contribution in [3.8, 4) is 0 Å². The lowest BCUT2D eigenvalue weighted by Gasteiger charge is -2.67.